The van der Waals surface area contributed by atoms with Crippen LogP contribution in [0.15, 0.2) is 59.2 Å². The van der Waals surface area contributed by atoms with E-state index < -0.39 is 0 Å². The summed E-state index contributed by atoms with van der Waals surface area (Å²) in [6.07, 6.45) is 3.86. The lowest BCUT2D eigenvalue weighted by molar-refractivity contribution is 0.518. The van der Waals surface area contributed by atoms with E-state index in [9.17, 15) is 0 Å². The number of nitrogens with one attached hydrogen (secondary N) is 2. The van der Waals surface area contributed by atoms with Gasteiger partial charge in [-0.25, -0.2) is 4.98 Å². The zero-order valence-electron chi connectivity index (χ0n) is 17.1. The van der Waals surface area contributed by atoms with Crippen molar-refractivity contribution in [2.24, 2.45) is 4.99 Å². The molecule has 0 amide bonds. The average Bonchev–Trinajstić information content (AvgIpc) is 3.35. The summed E-state index contributed by atoms with van der Waals surface area (Å²) >= 11 is 1.80. The van der Waals surface area contributed by atoms with Crippen LogP contribution in [-0.2, 0) is 18.5 Å². The van der Waals surface area contributed by atoms with Crippen molar-refractivity contribution in [3.8, 4) is 0 Å². The van der Waals surface area contributed by atoms with Gasteiger partial charge in [0.05, 0.1) is 0 Å². The third-order valence-corrected chi connectivity index (χ3v) is 6.07. The van der Waals surface area contributed by atoms with Gasteiger partial charge in [-0.3, -0.25) is 4.99 Å². The highest BCUT2D eigenvalue weighted by atomic mass is 32.1. The van der Waals surface area contributed by atoms with Crippen LogP contribution in [0.1, 0.15) is 35.7 Å². The molecule has 0 fully saturated rings. The summed E-state index contributed by atoms with van der Waals surface area (Å²) in [5.74, 6) is 1.85. The average molecular weight is 396 g/mol. The number of hydrogen-bond donors (Lipinski definition) is 2. The fraction of sp³-hybridized carbons (Fsp3) is 0.364. The summed E-state index contributed by atoms with van der Waals surface area (Å²) in [4.78, 5) is 10.0. The summed E-state index contributed by atoms with van der Waals surface area (Å²) in [6, 6.07) is 12.9. The number of hydrogen-bond acceptors (Lipinski definition) is 3. The van der Waals surface area contributed by atoms with Crippen LogP contribution in [0.3, 0.4) is 0 Å². The molecule has 0 atom stereocenters. The van der Waals surface area contributed by atoms with Gasteiger partial charge in [-0.1, -0.05) is 44.2 Å². The molecule has 0 aliphatic rings. The molecule has 28 heavy (non-hydrogen) atoms. The van der Waals surface area contributed by atoms with Crippen molar-refractivity contribution in [1.82, 2.24) is 20.2 Å². The monoisotopic (exact) mass is 395 g/mol. The van der Waals surface area contributed by atoms with Crippen molar-refractivity contribution >= 4 is 17.3 Å². The molecule has 0 radical (unpaired) electrons. The highest BCUT2D eigenvalue weighted by Crippen LogP contribution is 2.26. The molecule has 0 aliphatic carbocycles. The Bertz CT molecular complexity index is 909. The van der Waals surface area contributed by atoms with E-state index in [-0.39, 0.29) is 5.41 Å². The van der Waals surface area contributed by atoms with E-state index in [1.165, 1.54) is 16.0 Å². The first-order valence-electron chi connectivity index (χ1n) is 9.52. The minimum Gasteiger partial charge on any atom is -0.356 e. The summed E-state index contributed by atoms with van der Waals surface area (Å²) in [7, 11) is 1.81. The van der Waals surface area contributed by atoms with Crippen molar-refractivity contribution in [3.63, 3.8) is 0 Å². The molecule has 0 unspecified atom stereocenters. The van der Waals surface area contributed by atoms with Gasteiger partial charge in [-0.05, 0) is 29.5 Å². The minimum absolute atomic E-state index is 0.0639. The van der Waals surface area contributed by atoms with Crippen molar-refractivity contribution in [1.29, 1.82) is 0 Å². The van der Waals surface area contributed by atoms with Gasteiger partial charge in [-0.15, -0.1) is 11.3 Å². The summed E-state index contributed by atoms with van der Waals surface area (Å²) in [5.41, 5.74) is 2.56. The smallest absolute Gasteiger partial charge is 0.191 e. The lowest BCUT2D eigenvalue weighted by Crippen LogP contribution is -2.42. The van der Waals surface area contributed by atoms with Crippen molar-refractivity contribution in [2.75, 3.05) is 13.6 Å². The Morgan fingerprint density at radius 1 is 1.18 bits per heavy atom. The van der Waals surface area contributed by atoms with Crippen LogP contribution in [0.4, 0.5) is 0 Å². The molecular formula is C22H29N5S. The highest BCUT2D eigenvalue weighted by Gasteiger charge is 2.21. The van der Waals surface area contributed by atoms with Gasteiger partial charge in [0, 0.05) is 49.4 Å². The molecule has 0 aliphatic heterocycles. The third kappa shape index (κ3) is 5.23. The quantitative estimate of drug-likeness (QED) is 0.471. The second kappa shape index (κ2) is 9.06. The fourth-order valence-electron chi connectivity index (χ4n) is 3.07. The standard InChI is InChI=1S/C22H29N5S/c1-17-24-10-11-27(17)15-19-8-5-7-18(13-19)14-25-21(23-4)26-16-22(2,3)20-9-6-12-28-20/h5-13H,14-16H2,1-4H3,(H2,23,25,26). The first-order chi connectivity index (χ1) is 13.5. The molecule has 148 valence electrons. The highest BCUT2D eigenvalue weighted by molar-refractivity contribution is 7.10. The molecule has 2 heterocycles. The molecule has 0 saturated heterocycles. The normalized spacial score (nSPS) is 12.2. The van der Waals surface area contributed by atoms with Gasteiger partial charge in [0.2, 0.25) is 0 Å². The zero-order chi connectivity index (χ0) is 20.0. The minimum atomic E-state index is 0.0639. The summed E-state index contributed by atoms with van der Waals surface area (Å²) < 4.78 is 2.15. The Labute approximate surface area is 171 Å². The van der Waals surface area contributed by atoms with Gasteiger partial charge in [-0.2, -0.15) is 0 Å². The number of aliphatic imine (C=N–C) groups is 1. The van der Waals surface area contributed by atoms with E-state index in [1.54, 1.807) is 11.3 Å². The van der Waals surface area contributed by atoms with E-state index in [1.807, 2.05) is 26.4 Å². The van der Waals surface area contributed by atoms with Crippen LogP contribution >= 0.6 is 11.3 Å². The van der Waals surface area contributed by atoms with Crippen molar-refractivity contribution in [2.45, 2.75) is 39.3 Å². The van der Waals surface area contributed by atoms with E-state index >= 15 is 0 Å². The molecule has 2 aromatic heterocycles. The van der Waals surface area contributed by atoms with Crippen LogP contribution in [0.5, 0.6) is 0 Å². The van der Waals surface area contributed by atoms with Crippen LogP contribution in [-0.4, -0.2) is 29.1 Å². The largest absolute Gasteiger partial charge is 0.356 e. The van der Waals surface area contributed by atoms with E-state index in [0.717, 1.165) is 31.4 Å². The molecule has 0 bridgehead atoms. The van der Waals surface area contributed by atoms with Gasteiger partial charge in [0.1, 0.15) is 5.82 Å². The first-order valence-corrected chi connectivity index (χ1v) is 10.4. The van der Waals surface area contributed by atoms with Crippen LogP contribution < -0.4 is 10.6 Å². The second-order valence-electron chi connectivity index (χ2n) is 7.56. The topological polar surface area (TPSA) is 54.2 Å². The van der Waals surface area contributed by atoms with Crippen molar-refractivity contribution in [3.05, 3.63) is 76.0 Å². The Kier molecular flexibility index (Phi) is 6.52. The maximum Gasteiger partial charge on any atom is 0.191 e. The van der Waals surface area contributed by atoms with Gasteiger partial charge >= 0.3 is 0 Å². The number of guanidine groups is 1. The molecular weight excluding hydrogens is 366 g/mol. The lowest BCUT2D eigenvalue weighted by atomic mass is 9.91. The number of rotatable bonds is 7. The first kappa shape index (κ1) is 20.1. The Morgan fingerprint density at radius 3 is 2.68 bits per heavy atom. The second-order valence-corrected chi connectivity index (χ2v) is 8.51. The Balaban J connectivity index is 1.55. The van der Waals surface area contributed by atoms with Gasteiger partial charge in [0.15, 0.2) is 5.96 Å². The number of aryl methyl sites for hydroxylation is 1. The van der Waals surface area contributed by atoms with E-state index in [0.29, 0.717) is 0 Å². The Morgan fingerprint density at radius 2 is 2.00 bits per heavy atom. The summed E-state index contributed by atoms with van der Waals surface area (Å²) in [6.45, 7) is 8.92. The SMILES string of the molecule is CN=C(NCc1cccc(Cn2ccnc2C)c1)NCC(C)(C)c1cccs1. The molecule has 3 rings (SSSR count). The molecule has 5 nitrogen and oxygen atoms in total. The van der Waals surface area contributed by atoms with Crippen LogP contribution in [0.2, 0.25) is 0 Å². The third-order valence-electron chi connectivity index (χ3n) is 4.84. The molecule has 0 saturated carbocycles. The maximum absolute atomic E-state index is 4.37. The Hall–Kier alpha value is -2.60. The molecule has 6 heteroatoms. The van der Waals surface area contributed by atoms with E-state index in [4.69, 9.17) is 0 Å². The predicted octanol–water partition coefficient (Wildman–Crippen LogP) is 3.94. The number of aromatic nitrogens is 2. The molecule has 1 aromatic carbocycles. The van der Waals surface area contributed by atoms with Crippen LogP contribution in [0.25, 0.3) is 0 Å². The van der Waals surface area contributed by atoms with Gasteiger partial charge < -0.3 is 15.2 Å². The lowest BCUT2D eigenvalue weighted by Gasteiger charge is -2.25. The number of nitrogens with zero attached hydrogens (tertiary/aromatic N) is 3. The van der Waals surface area contributed by atoms with Gasteiger partial charge in [0.25, 0.3) is 0 Å². The molecule has 3 aromatic rings. The summed E-state index contributed by atoms with van der Waals surface area (Å²) in [5, 5.41) is 9.01. The molecule has 2 N–H and O–H groups in total. The van der Waals surface area contributed by atoms with Crippen LogP contribution in [0, 0.1) is 6.92 Å². The number of thiophene rings is 1. The van der Waals surface area contributed by atoms with E-state index in [2.05, 4.69) is 80.8 Å². The zero-order valence-corrected chi connectivity index (χ0v) is 17.9. The van der Waals surface area contributed by atoms with Crippen molar-refractivity contribution < 1.29 is 0 Å². The number of benzene rings is 1. The molecule has 0 spiro atoms. The fourth-order valence-corrected chi connectivity index (χ4v) is 3.92. The predicted molar refractivity (Wildman–Crippen MR) is 118 cm³/mol. The maximum atomic E-state index is 4.37. The number of imidazole rings is 1.